The van der Waals surface area contributed by atoms with Crippen molar-refractivity contribution in [2.24, 2.45) is 11.8 Å². The summed E-state index contributed by atoms with van der Waals surface area (Å²) in [5.41, 5.74) is 2.12. The maximum Gasteiger partial charge on any atom is 0.166 e. The molecule has 1 saturated carbocycles. The monoisotopic (exact) mass is 258 g/mol. The van der Waals surface area contributed by atoms with Crippen LogP contribution in [0.15, 0.2) is 18.2 Å². The van der Waals surface area contributed by atoms with E-state index < -0.39 is 0 Å². The molecule has 0 saturated heterocycles. The maximum absolute atomic E-state index is 12.7. The number of carbonyl (C=O) groups excluding carboxylic acids is 1. The molecule has 1 atom stereocenters. The third-order valence-corrected chi connectivity index (χ3v) is 4.86. The predicted octanol–water partition coefficient (Wildman–Crippen LogP) is 4.02. The minimum absolute atomic E-state index is 0.279. The number of Topliss-reactive ketones (excluding diaryl/α,β-unsaturated/α-hetero) is 1. The SMILES string of the molecule is COc1ccc2c(c1)CCC(C1CCCCC1)C2=O. The molecule has 2 nitrogen and oxygen atoms in total. The van der Waals surface area contributed by atoms with Crippen molar-refractivity contribution in [3.63, 3.8) is 0 Å². The molecule has 1 aromatic carbocycles. The van der Waals surface area contributed by atoms with Gasteiger partial charge in [0, 0.05) is 11.5 Å². The molecule has 0 aromatic heterocycles. The average Bonchev–Trinajstić information content (AvgIpc) is 2.48. The Balaban J connectivity index is 1.83. The number of benzene rings is 1. The second-order valence-electron chi connectivity index (χ2n) is 5.93. The lowest BCUT2D eigenvalue weighted by Gasteiger charge is -2.32. The van der Waals surface area contributed by atoms with Crippen molar-refractivity contribution in [3.05, 3.63) is 29.3 Å². The minimum Gasteiger partial charge on any atom is -0.497 e. The van der Waals surface area contributed by atoms with E-state index in [-0.39, 0.29) is 5.92 Å². The van der Waals surface area contributed by atoms with Crippen molar-refractivity contribution < 1.29 is 9.53 Å². The van der Waals surface area contributed by atoms with Gasteiger partial charge in [-0.2, -0.15) is 0 Å². The van der Waals surface area contributed by atoms with Crippen LogP contribution >= 0.6 is 0 Å². The van der Waals surface area contributed by atoms with E-state index >= 15 is 0 Å². The third kappa shape index (κ3) is 2.41. The van der Waals surface area contributed by atoms with Gasteiger partial charge in [-0.1, -0.05) is 19.3 Å². The van der Waals surface area contributed by atoms with Gasteiger partial charge in [0.1, 0.15) is 5.75 Å². The number of fused-ring (bicyclic) bond motifs is 1. The molecule has 3 rings (SSSR count). The molecule has 0 radical (unpaired) electrons. The van der Waals surface area contributed by atoms with Crippen LogP contribution in [0.25, 0.3) is 0 Å². The van der Waals surface area contributed by atoms with E-state index in [0.717, 1.165) is 24.2 Å². The van der Waals surface area contributed by atoms with Crippen molar-refractivity contribution in [1.29, 1.82) is 0 Å². The van der Waals surface area contributed by atoms with E-state index in [1.54, 1.807) is 7.11 Å². The highest BCUT2D eigenvalue weighted by Crippen LogP contribution is 2.38. The summed E-state index contributed by atoms with van der Waals surface area (Å²) >= 11 is 0. The second-order valence-corrected chi connectivity index (χ2v) is 5.93. The Hall–Kier alpha value is -1.31. The number of ketones is 1. The van der Waals surface area contributed by atoms with Gasteiger partial charge in [-0.05, 0) is 55.4 Å². The highest BCUT2D eigenvalue weighted by Gasteiger charge is 2.33. The van der Waals surface area contributed by atoms with Gasteiger partial charge in [0.25, 0.3) is 0 Å². The van der Waals surface area contributed by atoms with Crippen LogP contribution in [0.1, 0.15) is 54.4 Å². The van der Waals surface area contributed by atoms with Gasteiger partial charge in [-0.25, -0.2) is 0 Å². The normalized spacial score (nSPS) is 24.1. The molecule has 1 unspecified atom stereocenters. The van der Waals surface area contributed by atoms with Crippen molar-refractivity contribution >= 4 is 5.78 Å². The van der Waals surface area contributed by atoms with Crippen LogP contribution in [-0.4, -0.2) is 12.9 Å². The molecule has 0 N–H and O–H groups in total. The van der Waals surface area contributed by atoms with Gasteiger partial charge in [0.15, 0.2) is 5.78 Å². The van der Waals surface area contributed by atoms with Gasteiger partial charge >= 0.3 is 0 Å². The lowest BCUT2D eigenvalue weighted by atomic mass is 9.71. The van der Waals surface area contributed by atoms with Crippen molar-refractivity contribution in [1.82, 2.24) is 0 Å². The molecule has 0 spiro atoms. The first-order valence-electron chi connectivity index (χ1n) is 7.50. The first-order valence-corrected chi connectivity index (χ1v) is 7.50. The fourth-order valence-electron chi connectivity index (χ4n) is 3.77. The van der Waals surface area contributed by atoms with E-state index in [9.17, 15) is 4.79 Å². The molecular formula is C17H22O2. The first kappa shape index (κ1) is 12.7. The summed E-state index contributed by atoms with van der Waals surface area (Å²) in [5, 5.41) is 0. The molecule has 2 aliphatic rings. The van der Waals surface area contributed by atoms with Gasteiger partial charge in [0.05, 0.1) is 7.11 Å². The summed E-state index contributed by atoms with van der Waals surface area (Å²) in [6.45, 7) is 0. The van der Waals surface area contributed by atoms with E-state index in [4.69, 9.17) is 4.74 Å². The molecule has 0 heterocycles. The Bertz CT molecular complexity index is 472. The Morgan fingerprint density at radius 3 is 2.63 bits per heavy atom. The first-order chi connectivity index (χ1) is 9.29. The molecule has 0 bridgehead atoms. The van der Waals surface area contributed by atoms with Crippen LogP contribution in [0, 0.1) is 11.8 Å². The summed E-state index contributed by atoms with van der Waals surface area (Å²) in [5.74, 6) is 2.16. The largest absolute Gasteiger partial charge is 0.497 e. The Kier molecular flexibility index (Phi) is 3.58. The lowest BCUT2D eigenvalue weighted by molar-refractivity contribution is 0.0819. The standard InChI is InChI=1S/C17H22O2/c1-19-14-8-10-16-13(11-14)7-9-15(17(16)18)12-5-3-2-4-6-12/h8,10-12,15H,2-7,9H2,1H3. The number of hydrogen-bond donors (Lipinski definition) is 0. The molecular weight excluding hydrogens is 236 g/mol. The Labute approximate surface area is 115 Å². The number of rotatable bonds is 2. The highest BCUT2D eigenvalue weighted by atomic mass is 16.5. The zero-order chi connectivity index (χ0) is 13.2. The van der Waals surface area contributed by atoms with Crippen LogP contribution in [0.4, 0.5) is 0 Å². The second kappa shape index (κ2) is 5.36. The average molecular weight is 258 g/mol. The fourth-order valence-corrected chi connectivity index (χ4v) is 3.77. The van der Waals surface area contributed by atoms with Gasteiger partial charge in [-0.3, -0.25) is 4.79 Å². The summed E-state index contributed by atoms with van der Waals surface area (Å²) in [4.78, 5) is 12.7. The number of carbonyl (C=O) groups is 1. The van der Waals surface area contributed by atoms with Crippen molar-refractivity contribution in [3.8, 4) is 5.75 Å². The molecule has 19 heavy (non-hydrogen) atoms. The molecule has 102 valence electrons. The number of hydrogen-bond acceptors (Lipinski definition) is 2. The van der Waals surface area contributed by atoms with Crippen LogP contribution in [0.3, 0.4) is 0 Å². The summed E-state index contributed by atoms with van der Waals surface area (Å²) in [6, 6.07) is 5.91. The highest BCUT2D eigenvalue weighted by molar-refractivity contribution is 6.00. The van der Waals surface area contributed by atoms with Gasteiger partial charge in [-0.15, -0.1) is 0 Å². The topological polar surface area (TPSA) is 26.3 Å². The van der Waals surface area contributed by atoms with E-state index in [1.807, 2.05) is 18.2 Å². The van der Waals surface area contributed by atoms with Crippen LogP contribution in [0.2, 0.25) is 0 Å². The smallest absolute Gasteiger partial charge is 0.166 e. The van der Waals surface area contributed by atoms with Crippen molar-refractivity contribution in [2.75, 3.05) is 7.11 Å². The van der Waals surface area contributed by atoms with Crippen LogP contribution in [0.5, 0.6) is 5.75 Å². The van der Waals surface area contributed by atoms with Crippen molar-refractivity contribution in [2.45, 2.75) is 44.9 Å². The molecule has 1 fully saturated rings. The lowest BCUT2D eigenvalue weighted by Crippen LogP contribution is -2.30. The molecule has 0 amide bonds. The van der Waals surface area contributed by atoms with Gasteiger partial charge in [0.2, 0.25) is 0 Å². The van der Waals surface area contributed by atoms with E-state index in [1.165, 1.54) is 37.7 Å². The molecule has 2 heteroatoms. The Morgan fingerprint density at radius 1 is 1.11 bits per heavy atom. The number of methoxy groups -OCH3 is 1. The summed E-state index contributed by atoms with van der Waals surface area (Å²) in [7, 11) is 1.68. The third-order valence-electron chi connectivity index (χ3n) is 4.86. The maximum atomic E-state index is 12.7. The molecule has 0 aliphatic heterocycles. The molecule has 1 aromatic rings. The Morgan fingerprint density at radius 2 is 1.89 bits per heavy atom. The number of aryl methyl sites for hydroxylation is 1. The van der Waals surface area contributed by atoms with Gasteiger partial charge < -0.3 is 4.74 Å². The van der Waals surface area contributed by atoms with Crippen LogP contribution < -0.4 is 4.74 Å². The van der Waals surface area contributed by atoms with E-state index in [2.05, 4.69) is 0 Å². The zero-order valence-electron chi connectivity index (χ0n) is 11.7. The quantitative estimate of drug-likeness (QED) is 0.801. The minimum atomic E-state index is 0.279. The summed E-state index contributed by atoms with van der Waals surface area (Å²) < 4.78 is 5.25. The fraction of sp³-hybridized carbons (Fsp3) is 0.588. The predicted molar refractivity (Wildman–Crippen MR) is 75.7 cm³/mol. The summed E-state index contributed by atoms with van der Waals surface area (Å²) in [6.07, 6.45) is 8.53. The van der Waals surface area contributed by atoms with E-state index in [0.29, 0.717) is 11.7 Å². The zero-order valence-corrected chi connectivity index (χ0v) is 11.7. The number of ether oxygens (including phenoxy) is 1. The molecule has 2 aliphatic carbocycles. The van der Waals surface area contributed by atoms with Crippen LogP contribution in [-0.2, 0) is 6.42 Å².